The molecule has 1 aromatic carbocycles. The summed E-state index contributed by atoms with van der Waals surface area (Å²) in [5.74, 6) is 0.118. The van der Waals surface area contributed by atoms with Crippen LogP contribution in [0.2, 0.25) is 0 Å². The van der Waals surface area contributed by atoms with Crippen LogP contribution >= 0.6 is 0 Å². The van der Waals surface area contributed by atoms with Gasteiger partial charge in [0.25, 0.3) is 5.69 Å². The van der Waals surface area contributed by atoms with Gasteiger partial charge in [-0.3, -0.25) is 15.8 Å². The molecule has 0 saturated heterocycles. The van der Waals surface area contributed by atoms with Crippen molar-refractivity contribution >= 4 is 5.69 Å². The number of nitro groups is 1. The number of nitro benzene ring substituents is 1. The highest BCUT2D eigenvalue weighted by atomic mass is 16.6. The monoisotopic (exact) mass is 270 g/mol. The molecule has 0 amide bonds. The summed E-state index contributed by atoms with van der Waals surface area (Å²) in [4.78, 5) is 10.1. The number of hydrogen-bond donors (Lipinski definition) is 3. The van der Waals surface area contributed by atoms with Gasteiger partial charge in [-0.15, -0.1) is 0 Å². The zero-order valence-electron chi connectivity index (χ0n) is 10.6. The third-order valence-corrected chi connectivity index (χ3v) is 2.64. The van der Waals surface area contributed by atoms with Gasteiger partial charge in [-0.05, 0) is 18.4 Å². The largest absolute Gasteiger partial charge is 0.473 e. The molecule has 0 aromatic heterocycles. The molecule has 3 unspecified atom stereocenters. The zero-order valence-corrected chi connectivity index (χ0v) is 10.6. The van der Waals surface area contributed by atoms with Crippen molar-refractivity contribution in [1.29, 1.82) is 0 Å². The first-order valence-electron chi connectivity index (χ1n) is 5.89. The summed E-state index contributed by atoms with van der Waals surface area (Å²) < 4.78 is 5.25. The summed E-state index contributed by atoms with van der Waals surface area (Å²) in [5, 5.41) is 29.2. The van der Waals surface area contributed by atoms with E-state index in [9.17, 15) is 15.2 Å². The molecule has 0 spiro atoms. The Hall–Kier alpha value is -1.70. The fourth-order valence-corrected chi connectivity index (χ4v) is 1.53. The molecule has 106 valence electrons. The Morgan fingerprint density at radius 3 is 2.79 bits per heavy atom. The lowest BCUT2D eigenvalue weighted by molar-refractivity contribution is -0.385. The van der Waals surface area contributed by atoms with Gasteiger partial charge in [-0.25, -0.2) is 0 Å². The van der Waals surface area contributed by atoms with Crippen LogP contribution < -0.4 is 10.5 Å². The summed E-state index contributed by atoms with van der Waals surface area (Å²) >= 11 is 0. The van der Waals surface area contributed by atoms with E-state index in [4.69, 9.17) is 15.6 Å². The minimum Gasteiger partial charge on any atom is -0.473 e. The van der Waals surface area contributed by atoms with E-state index in [0.717, 1.165) is 0 Å². The lowest BCUT2D eigenvalue weighted by Gasteiger charge is -2.22. The second-order valence-electron chi connectivity index (χ2n) is 4.43. The highest BCUT2D eigenvalue weighted by Crippen LogP contribution is 2.20. The van der Waals surface area contributed by atoms with Crippen molar-refractivity contribution in [3.8, 4) is 5.75 Å². The van der Waals surface area contributed by atoms with Gasteiger partial charge >= 0.3 is 0 Å². The van der Waals surface area contributed by atoms with Gasteiger partial charge < -0.3 is 14.9 Å². The maximum atomic E-state index is 10.6. The van der Waals surface area contributed by atoms with E-state index in [0.29, 0.717) is 0 Å². The number of benzene rings is 1. The van der Waals surface area contributed by atoms with Gasteiger partial charge in [0, 0.05) is 12.7 Å². The Bertz CT molecular complexity index is 426. The minimum atomic E-state index is -1.00. The fraction of sp³-hybridized carbons (Fsp3) is 0.500. The van der Waals surface area contributed by atoms with Crippen LogP contribution in [0.3, 0.4) is 0 Å². The average molecular weight is 270 g/mol. The van der Waals surface area contributed by atoms with E-state index in [1.54, 1.807) is 6.92 Å². The molecule has 0 heterocycles. The third kappa shape index (κ3) is 4.82. The standard InChI is InChI=1S/C12H18N2O5/c1-8(7-15)5-11(16)12(13)19-10-4-2-3-9(6-10)14(17)18/h2-4,6,8,11-12,15-16H,5,7,13H2,1H3. The lowest BCUT2D eigenvalue weighted by atomic mass is 10.0. The van der Waals surface area contributed by atoms with E-state index in [-0.39, 0.29) is 30.4 Å². The van der Waals surface area contributed by atoms with E-state index in [1.807, 2.05) is 0 Å². The maximum Gasteiger partial charge on any atom is 0.273 e. The van der Waals surface area contributed by atoms with Gasteiger partial charge in [0.05, 0.1) is 11.0 Å². The highest BCUT2D eigenvalue weighted by Gasteiger charge is 2.19. The fourth-order valence-electron chi connectivity index (χ4n) is 1.53. The Morgan fingerprint density at radius 1 is 1.53 bits per heavy atom. The predicted octanol–water partition coefficient (Wildman–Crippen LogP) is 0.638. The molecule has 7 heteroatoms. The number of nitrogens with zero attached hydrogens (tertiary/aromatic N) is 1. The van der Waals surface area contributed by atoms with Crippen molar-refractivity contribution in [2.24, 2.45) is 11.7 Å². The van der Waals surface area contributed by atoms with Crippen LogP contribution in [0, 0.1) is 16.0 Å². The number of nitrogens with two attached hydrogens (primary N) is 1. The Labute approximate surface area is 110 Å². The summed E-state index contributed by atoms with van der Waals surface area (Å²) in [6, 6.07) is 5.57. The summed E-state index contributed by atoms with van der Waals surface area (Å²) in [5.41, 5.74) is 5.55. The zero-order chi connectivity index (χ0) is 14.4. The van der Waals surface area contributed by atoms with Gasteiger partial charge in [0.15, 0.2) is 6.23 Å². The van der Waals surface area contributed by atoms with Crippen molar-refractivity contribution in [3.63, 3.8) is 0 Å². The number of aliphatic hydroxyl groups excluding tert-OH is 2. The van der Waals surface area contributed by atoms with Crippen LogP contribution in [-0.4, -0.2) is 34.1 Å². The van der Waals surface area contributed by atoms with E-state index in [2.05, 4.69) is 0 Å². The molecular weight excluding hydrogens is 252 g/mol. The number of ether oxygens (including phenoxy) is 1. The minimum absolute atomic E-state index is 0.0550. The predicted molar refractivity (Wildman–Crippen MR) is 68.6 cm³/mol. The molecule has 0 aliphatic heterocycles. The normalized spacial score (nSPS) is 15.6. The quantitative estimate of drug-likeness (QED) is 0.380. The number of rotatable bonds is 7. The number of aliphatic hydroxyl groups is 2. The van der Waals surface area contributed by atoms with Crippen molar-refractivity contribution < 1.29 is 19.9 Å². The smallest absolute Gasteiger partial charge is 0.273 e. The second kappa shape index (κ2) is 7.03. The SMILES string of the molecule is CC(CO)CC(O)C(N)Oc1cccc([N+](=O)[O-])c1. The highest BCUT2D eigenvalue weighted by molar-refractivity contribution is 5.38. The molecule has 4 N–H and O–H groups in total. The number of non-ortho nitro benzene ring substituents is 1. The van der Waals surface area contributed by atoms with E-state index < -0.39 is 17.3 Å². The molecule has 0 bridgehead atoms. The Balaban J connectivity index is 2.63. The summed E-state index contributed by atoms with van der Waals surface area (Å²) in [7, 11) is 0. The van der Waals surface area contributed by atoms with Crippen LogP contribution in [-0.2, 0) is 0 Å². The van der Waals surface area contributed by atoms with Crippen LogP contribution in [0.25, 0.3) is 0 Å². The van der Waals surface area contributed by atoms with Crippen LogP contribution in [0.1, 0.15) is 13.3 Å². The topological polar surface area (TPSA) is 119 Å². The van der Waals surface area contributed by atoms with Crippen LogP contribution in [0.5, 0.6) is 5.75 Å². The first kappa shape index (κ1) is 15.4. The van der Waals surface area contributed by atoms with Crippen LogP contribution in [0.4, 0.5) is 5.69 Å². The Kier molecular flexibility index (Phi) is 5.68. The molecular formula is C12H18N2O5. The molecule has 3 atom stereocenters. The van der Waals surface area contributed by atoms with Crippen molar-refractivity contribution in [1.82, 2.24) is 0 Å². The molecule has 1 rings (SSSR count). The van der Waals surface area contributed by atoms with Crippen LogP contribution in [0.15, 0.2) is 24.3 Å². The summed E-state index contributed by atoms with van der Waals surface area (Å²) in [6.45, 7) is 1.71. The molecule has 0 fully saturated rings. The van der Waals surface area contributed by atoms with E-state index >= 15 is 0 Å². The summed E-state index contributed by atoms with van der Waals surface area (Å²) in [6.07, 6.45) is -1.68. The van der Waals surface area contributed by atoms with Gasteiger partial charge in [0.2, 0.25) is 0 Å². The molecule has 0 aliphatic rings. The van der Waals surface area contributed by atoms with Gasteiger partial charge in [-0.2, -0.15) is 0 Å². The molecule has 0 aliphatic carbocycles. The third-order valence-electron chi connectivity index (χ3n) is 2.64. The molecule has 7 nitrogen and oxygen atoms in total. The first-order valence-corrected chi connectivity index (χ1v) is 5.89. The van der Waals surface area contributed by atoms with Gasteiger partial charge in [0.1, 0.15) is 11.9 Å². The van der Waals surface area contributed by atoms with Gasteiger partial charge in [-0.1, -0.05) is 13.0 Å². The van der Waals surface area contributed by atoms with Crippen molar-refractivity contribution in [2.75, 3.05) is 6.61 Å². The maximum absolute atomic E-state index is 10.6. The lowest BCUT2D eigenvalue weighted by Crippen LogP contribution is -2.41. The van der Waals surface area contributed by atoms with E-state index in [1.165, 1.54) is 24.3 Å². The number of hydrogen-bond acceptors (Lipinski definition) is 6. The second-order valence-corrected chi connectivity index (χ2v) is 4.43. The average Bonchev–Trinajstić information content (AvgIpc) is 2.38. The first-order chi connectivity index (χ1) is 8.93. The Morgan fingerprint density at radius 2 is 2.21 bits per heavy atom. The van der Waals surface area contributed by atoms with Crippen molar-refractivity contribution in [2.45, 2.75) is 25.7 Å². The molecule has 0 radical (unpaired) electrons. The molecule has 0 saturated carbocycles. The molecule has 1 aromatic rings. The molecule has 19 heavy (non-hydrogen) atoms. The van der Waals surface area contributed by atoms with Crippen molar-refractivity contribution in [3.05, 3.63) is 34.4 Å².